The fraction of sp³-hybridized carbons (Fsp3) is 0.214. The van der Waals surface area contributed by atoms with Crippen LogP contribution in [0, 0.1) is 6.92 Å². The molecule has 0 bridgehead atoms. The maximum atomic E-state index is 13.3. The SMILES string of the molecule is Cc1ccc(NC(=O)c2cncc(NC(=O)c3ccc(-c4cccs4)s3)c2)cc1Nc1nccc(-c2ccc(C(=O)N3CCN(C(=O)OC(C)(C)C)CC3)cc2)n1. The van der Waals surface area contributed by atoms with Crippen molar-refractivity contribution in [3.05, 3.63) is 124 Å². The molecule has 5 heterocycles. The highest BCUT2D eigenvalue weighted by Crippen LogP contribution is 2.32. The fourth-order valence-electron chi connectivity index (χ4n) is 5.96. The number of hydrogen-bond donors (Lipinski definition) is 3. The number of thiophene rings is 2. The molecule has 0 radical (unpaired) electrons. The van der Waals surface area contributed by atoms with E-state index >= 15 is 0 Å². The number of anilines is 4. The quantitative estimate of drug-likeness (QED) is 0.130. The molecule has 4 aromatic heterocycles. The van der Waals surface area contributed by atoms with Crippen LogP contribution in [0.25, 0.3) is 21.0 Å². The van der Waals surface area contributed by atoms with E-state index in [9.17, 15) is 19.2 Å². The first-order valence-electron chi connectivity index (χ1n) is 18.2. The third-order valence-corrected chi connectivity index (χ3v) is 11.0. The van der Waals surface area contributed by atoms with E-state index in [0.717, 1.165) is 20.9 Å². The molecule has 13 nitrogen and oxygen atoms in total. The molecule has 57 heavy (non-hydrogen) atoms. The molecule has 0 spiro atoms. The predicted molar refractivity (Wildman–Crippen MR) is 223 cm³/mol. The van der Waals surface area contributed by atoms with Gasteiger partial charge in [0, 0.05) is 70.8 Å². The molecule has 3 N–H and O–H groups in total. The number of carbonyl (C=O) groups is 4. The third-order valence-electron chi connectivity index (χ3n) is 8.90. The Morgan fingerprint density at radius 3 is 2.26 bits per heavy atom. The van der Waals surface area contributed by atoms with Crippen LogP contribution >= 0.6 is 22.7 Å². The highest BCUT2D eigenvalue weighted by Gasteiger charge is 2.28. The number of nitrogens with zero attached hydrogens (tertiary/aromatic N) is 5. The van der Waals surface area contributed by atoms with Crippen LogP contribution in [0.4, 0.5) is 27.8 Å². The lowest BCUT2D eigenvalue weighted by Crippen LogP contribution is -2.51. The topological polar surface area (TPSA) is 159 Å². The van der Waals surface area contributed by atoms with E-state index in [-0.39, 0.29) is 23.5 Å². The second-order valence-corrected chi connectivity index (χ2v) is 16.3. The summed E-state index contributed by atoms with van der Waals surface area (Å²) in [5.41, 5.74) is 4.22. The minimum Gasteiger partial charge on any atom is -0.444 e. The number of hydrogen-bond acceptors (Lipinski definition) is 11. The number of nitrogens with one attached hydrogen (secondary N) is 3. The molecule has 0 atom stereocenters. The van der Waals surface area contributed by atoms with E-state index in [0.29, 0.717) is 65.3 Å². The number of amides is 4. The monoisotopic (exact) mass is 800 g/mol. The van der Waals surface area contributed by atoms with Gasteiger partial charge in [-0.1, -0.05) is 24.3 Å². The van der Waals surface area contributed by atoms with Crippen LogP contribution in [0.2, 0.25) is 0 Å². The average Bonchev–Trinajstić information content (AvgIpc) is 3.92. The van der Waals surface area contributed by atoms with Crippen molar-refractivity contribution in [1.29, 1.82) is 0 Å². The summed E-state index contributed by atoms with van der Waals surface area (Å²) in [4.78, 5) is 71.3. The molecule has 0 unspecified atom stereocenters. The highest BCUT2D eigenvalue weighted by atomic mass is 32.1. The van der Waals surface area contributed by atoms with Gasteiger partial charge >= 0.3 is 6.09 Å². The Balaban J connectivity index is 0.956. The Labute approximate surface area is 337 Å². The highest BCUT2D eigenvalue weighted by molar-refractivity contribution is 7.22. The lowest BCUT2D eigenvalue weighted by atomic mass is 10.1. The fourth-order valence-corrected chi connectivity index (χ4v) is 7.69. The predicted octanol–water partition coefficient (Wildman–Crippen LogP) is 8.58. The van der Waals surface area contributed by atoms with Crippen molar-refractivity contribution in [2.24, 2.45) is 0 Å². The van der Waals surface area contributed by atoms with Crippen LogP contribution in [0.5, 0.6) is 0 Å². The maximum absolute atomic E-state index is 13.3. The first-order valence-corrected chi connectivity index (χ1v) is 19.9. The van der Waals surface area contributed by atoms with E-state index in [2.05, 4.69) is 25.9 Å². The van der Waals surface area contributed by atoms with Crippen LogP contribution in [0.15, 0.2) is 103 Å². The van der Waals surface area contributed by atoms with Crippen molar-refractivity contribution < 1.29 is 23.9 Å². The Bertz CT molecular complexity index is 2420. The van der Waals surface area contributed by atoms with Gasteiger partial charge in [-0.2, -0.15) is 0 Å². The standard InChI is InChI=1S/C42H40N8O5S2/c1-26-7-12-30(45-37(51)29-22-31(25-43-24-29)46-38(52)36-14-13-35(57-36)34-6-5-21-56-34)23-33(26)48-40-44-16-15-32(47-40)27-8-10-28(11-9-27)39(53)49-17-19-50(20-18-49)41(54)55-42(2,3)4/h5-16,21-25H,17-20H2,1-4H3,(H,45,51)(H,46,52)(H,44,47,48). The molecule has 1 fully saturated rings. The first-order chi connectivity index (χ1) is 27.4. The number of benzene rings is 2. The minimum atomic E-state index is -0.576. The zero-order valence-corrected chi connectivity index (χ0v) is 33.4. The van der Waals surface area contributed by atoms with Crippen molar-refractivity contribution >= 4 is 69.5 Å². The van der Waals surface area contributed by atoms with Crippen molar-refractivity contribution in [3.63, 3.8) is 0 Å². The van der Waals surface area contributed by atoms with E-state index in [4.69, 9.17) is 9.72 Å². The Morgan fingerprint density at radius 2 is 1.53 bits per heavy atom. The summed E-state index contributed by atoms with van der Waals surface area (Å²) in [6, 6.07) is 23.7. The largest absolute Gasteiger partial charge is 0.444 e. The molecule has 0 saturated carbocycles. The van der Waals surface area contributed by atoms with E-state index in [1.54, 1.807) is 69.8 Å². The molecule has 290 valence electrons. The van der Waals surface area contributed by atoms with Gasteiger partial charge in [0.15, 0.2) is 0 Å². The Kier molecular flexibility index (Phi) is 11.4. The van der Waals surface area contributed by atoms with Crippen LogP contribution in [-0.2, 0) is 4.74 Å². The number of carbonyl (C=O) groups excluding carboxylic acids is 4. The van der Waals surface area contributed by atoms with Gasteiger partial charge in [0.25, 0.3) is 17.7 Å². The molecular formula is C42H40N8O5S2. The Morgan fingerprint density at radius 1 is 0.772 bits per heavy atom. The zero-order chi connectivity index (χ0) is 40.1. The van der Waals surface area contributed by atoms with Gasteiger partial charge < -0.3 is 30.5 Å². The van der Waals surface area contributed by atoms with E-state index in [1.807, 2.05) is 69.5 Å². The molecule has 0 aliphatic carbocycles. The third kappa shape index (κ3) is 9.69. The molecule has 1 aliphatic heterocycles. The summed E-state index contributed by atoms with van der Waals surface area (Å²) in [6.45, 7) is 9.07. The first kappa shape index (κ1) is 38.8. The number of ether oxygens (including phenoxy) is 1. The molecule has 2 aromatic carbocycles. The van der Waals surface area contributed by atoms with Gasteiger partial charge in [-0.05, 0) is 93.2 Å². The second kappa shape index (κ2) is 16.7. The summed E-state index contributed by atoms with van der Waals surface area (Å²) in [7, 11) is 0. The summed E-state index contributed by atoms with van der Waals surface area (Å²) in [6.07, 6.45) is 4.21. The molecule has 4 amide bonds. The second-order valence-electron chi connectivity index (χ2n) is 14.3. The lowest BCUT2D eigenvalue weighted by molar-refractivity contribution is 0.0141. The molecule has 15 heteroatoms. The number of aromatic nitrogens is 3. The zero-order valence-electron chi connectivity index (χ0n) is 31.7. The minimum absolute atomic E-state index is 0.105. The number of rotatable bonds is 9. The van der Waals surface area contributed by atoms with Crippen molar-refractivity contribution in [2.45, 2.75) is 33.3 Å². The smallest absolute Gasteiger partial charge is 0.410 e. The molecule has 7 rings (SSSR count). The summed E-state index contributed by atoms with van der Waals surface area (Å²) < 4.78 is 5.47. The van der Waals surface area contributed by atoms with Crippen molar-refractivity contribution in [1.82, 2.24) is 24.8 Å². The van der Waals surface area contributed by atoms with Crippen LogP contribution in [0.3, 0.4) is 0 Å². The number of piperazine rings is 1. The van der Waals surface area contributed by atoms with Gasteiger partial charge in [0.1, 0.15) is 5.60 Å². The van der Waals surface area contributed by atoms with Gasteiger partial charge in [0.05, 0.1) is 28.0 Å². The average molecular weight is 801 g/mol. The van der Waals surface area contributed by atoms with Crippen LogP contribution in [0.1, 0.15) is 56.7 Å². The summed E-state index contributed by atoms with van der Waals surface area (Å²) in [5.74, 6) is -0.430. The van der Waals surface area contributed by atoms with Gasteiger partial charge in [-0.15, -0.1) is 22.7 Å². The number of aryl methyl sites for hydroxylation is 1. The summed E-state index contributed by atoms with van der Waals surface area (Å²) in [5, 5.41) is 11.0. The molecule has 1 saturated heterocycles. The number of pyridine rings is 1. The molecular weight excluding hydrogens is 761 g/mol. The van der Waals surface area contributed by atoms with Gasteiger partial charge in [-0.3, -0.25) is 19.4 Å². The molecule has 6 aromatic rings. The maximum Gasteiger partial charge on any atom is 0.410 e. The van der Waals surface area contributed by atoms with Gasteiger partial charge in [-0.25, -0.2) is 14.8 Å². The van der Waals surface area contributed by atoms with Crippen molar-refractivity contribution in [2.75, 3.05) is 42.1 Å². The van der Waals surface area contributed by atoms with Crippen LogP contribution in [-0.4, -0.2) is 80.3 Å². The van der Waals surface area contributed by atoms with E-state index < -0.39 is 11.5 Å². The normalized spacial score (nSPS) is 12.8. The van der Waals surface area contributed by atoms with Gasteiger partial charge in [0.2, 0.25) is 5.95 Å². The van der Waals surface area contributed by atoms with Crippen LogP contribution < -0.4 is 16.0 Å². The van der Waals surface area contributed by atoms with E-state index in [1.165, 1.54) is 23.7 Å². The summed E-state index contributed by atoms with van der Waals surface area (Å²) >= 11 is 3.01. The Hall–Kier alpha value is -6.45. The molecule has 1 aliphatic rings. The van der Waals surface area contributed by atoms with Crippen molar-refractivity contribution in [3.8, 4) is 21.0 Å². The lowest BCUT2D eigenvalue weighted by Gasteiger charge is -2.35.